The second kappa shape index (κ2) is 6.20. The number of carbonyl (C=O) groups is 1. The van der Waals surface area contributed by atoms with Gasteiger partial charge in [-0.15, -0.1) is 0 Å². The Morgan fingerprint density at radius 1 is 1.32 bits per heavy atom. The van der Waals surface area contributed by atoms with Crippen LogP contribution in [0.4, 0.5) is 0 Å². The smallest absolute Gasteiger partial charge is 0.254 e. The topological polar surface area (TPSA) is 40.5 Å². The molecule has 104 valence electrons. The fourth-order valence-corrected chi connectivity index (χ4v) is 2.99. The highest BCUT2D eigenvalue weighted by Crippen LogP contribution is 2.24. The number of nitrogens with zero attached hydrogens (tertiary/aromatic N) is 1. The normalized spacial score (nSPS) is 18.9. The van der Waals surface area contributed by atoms with Crippen LogP contribution in [-0.2, 0) is 0 Å². The molecular formula is C16H23NO2. The summed E-state index contributed by atoms with van der Waals surface area (Å²) in [6, 6.07) is 6.33. The van der Waals surface area contributed by atoms with Gasteiger partial charge in [-0.05, 0) is 51.7 Å². The van der Waals surface area contributed by atoms with E-state index in [2.05, 4.69) is 6.07 Å². The van der Waals surface area contributed by atoms with Crippen LogP contribution in [0.25, 0.3) is 0 Å². The molecule has 3 nitrogen and oxygen atoms in total. The number of aliphatic hydroxyl groups is 1. The molecule has 0 saturated carbocycles. The highest BCUT2D eigenvalue weighted by molar-refractivity contribution is 5.95. The van der Waals surface area contributed by atoms with Gasteiger partial charge in [-0.25, -0.2) is 0 Å². The van der Waals surface area contributed by atoms with Crippen molar-refractivity contribution in [2.75, 3.05) is 13.2 Å². The van der Waals surface area contributed by atoms with Crippen LogP contribution in [0.3, 0.4) is 0 Å². The summed E-state index contributed by atoms with van der Waals surface area (Å²) in [6.07, 6.45) is 3.83. The lowest BCUT2D eigenvalue weighted by Gasteiger charge is -2.25. The summed E-state index contributed by atoms with van der Waals surface area (Å²) in [6.45, 7) is 5.11. The zero-order chi connectivity index (χ0) is 13.8. The second-order valence-corrected chi connectivity index (χ2v) is 5.54. The number of hydrogen-bond donors (Lipinski definition) is 1. The van der Waals surface area contributed by atoms with Gasteiger partial charge in [-0.2, -0.15) is 0 Å². The van der Waals surface area contributed by atoms with E-state index in [1.54, 1.807) is 0 Å². The Bertz CT molecular complexity index is 436. The maximum Gasteiger partial charge on any atom is 0.254 e. The molecule has 1 aromatic rings. The largest absolute Gasteiger partial charge is 0.396 e. The van der Waals surface area contributed by atoms with Crippen LogP contribution < -0.4 is 0 Å². The molecule has 0 spiro atoms. The standard InChI is InChI=1S/C16H23NO2/c1-12-9-13(2)11-14(10-12)16(19)17-7-3-5-15(17)6-4-8-18/h9-11,15,18H,3-8H2,1-2H3. The van der Waals surface area contributed by atoms with E-state index < -0.39 is 0 Å². The van der Waals surface area contributed by atoms with Gasteiger partial charge >= 0.3 is 0 Å². The first-order chi connectivity index (χ1) is 9.11. The Labute approximate surface area is 115 Å². The van der Waals surface area contributed by atoms with Gasteiger partial charge < -0.3 is 10.0 Å². The summed E-state index contributed by atoms with van der Waals surface area (Å²) in [5.74, 6) is 0.146. The van der Waals surface area contributed by atoms with Gasteiger partial charge in [0, 0.05) is 24.8 Å². The average Bonchev–Trinajstić information content (AvgIpc) is 2.82. The Morgan fingerprint density at radius 2 is 2.00 bits per heavy atom. The van der Waals surface area contributed by atoms with Gasteiger partial charge in [-0.3, -0.25) is 4.79 Å². The third kappa shape index (κ3) is 3.35. The van der Waals surface area contributed by atoms with E-state index in [9.17, 15) is 4.79 Å². The summed E-state index contributed by atoms with van der Waals surface area (Å²) >= 11 is 0. The summed E-state index contributed by atoms with van der Waals surface area (Å²) in [5.41, 5.74) is 3.07. The molecule has 1 aliphatic heterocycles. The second-order valence-electron chi connectivity index (χ2n) is 5.54. The van der Waals surface area contributed by atoms with E-state index >= 15 is 0 Å². The quantitative estimate of drug-likeness (QED) is 0.905. The van der Waals surface area contributed by atoms with E-state index in [1.165, 1.54) is 0 Å². The molecule has 0 aliphatic carbocycles. The minimum Gasteiger partial charge on any atom is -0.396 e. The number of aliphatic hydroxyl groups excluding tert-OH is 1. The van der Waals surface area contributed by atoms with Gasteiger partial charge in [0.2, 0.25) is 0 Å². The van der Waals surface area contributed by atoms with Gasteiger partial charge in [-0.1, -0.05) is 17.2 Å². The van der Waals surface area contributed by atoms with Crippen molar-refractivity contribution in [3.05, 3.63) is 34.9 Å². The molecule has 0 bridgehead atoms. The minimum absolute atomic E-state index is 0.146. The summed E-state index contributed by atoms with van der Waals surface area (Å²) < 4.78 is 0. The SMILES string of the molecule is Cc1cc(C)cc(C(=O)N2CCCC2CCCO)c1. The lowest BCUT2D eigenvalue weighted by molar-refractivity contribution is 0.0724. The molecule has 1 saturated heterocycles. The van der Waals surface area contributed by atoms with E-state index in [0.29, 0.717) is 6.04 Å². The zero-order valence-electron chi connectivity index (χ0n) is 11.9. The van der Waals surface area contributed by atoms with Crippen molar-refractivity contribution in [1.29, 1.82) is 0 Å². The highest BCUT2D eigenvalue weighted by Gasteiger charge is 2.28. The van der Waals surface area contributed by atoms with Crippen LogP contribution in [-0.4, -0.2) is 35.1 Å². The number of hydrogen-bond acceptors (Lipinski definition) is 2. The van der Waals surface area contributed by atoms with Gasteiger partial charge in [0.15, 0.2) is 0 Å². The molecule has 1 amide bonds. The Hall–Kier alpha value is -1.35. The molecule has 1 N–H and O–H groups in total. The maximum atomic E-state index is 12.6. The molecule has 1 aliphatic rings. The predicted molar refractivity (Wildman–Crippen MR) is 76.3 cm³/mol. The van der Waals surface area contributed by atoms with E-state index in [-0.39, 0.29) is 12.5 Å². The van der Waals surface area contributed by atoms with Gasteiger partial charge in [0.25, 0.3) is 5.91 Å². The van der Waals surface area contributed by atoms with Gasteiger partial charge in [0.05, 0.1) is 0 Å². The fraction of sp³-hybridized carbons (Fsp3) is 0.562. The van der Waals surface area contributed by atoms with Crippen LogP contribution in [0.5, 0.6) is 0 Å². The number of amides is 1. The van der Waals surface area contributed by atoms with E-state index in [4.69, 9.17) is 5.11 Å². The number of likely N-dealkylation sites (tertiary alicyclic amines) is 1. The molecular weight excluding hydrogens is 238 g/mol. The van der Waals surface area contributed by atoms with Crippen LogP contribution in [0.1, 0.15) is 47.2 Å². The van der Waals surface area contributed by atoms with Crippen LogP contribution in [0.2, 0.25) is 0 Å². The highest BCUT2D eigenvalue weighted by atomic mass is 16.3. The van der Waals surface area contributed by atoms with Crippen molar-refractivity contribution in [3.63, 3.8) is 0 Å². The summed E-state index contributed by atoms with van der Waals surface area (Å²) in [4.78, 5) is 14.6. The van der Waals surface area contributed by atoms with Crippen molar-refractivity contribution < 1.29 is 9.90 Å². The van der Waals surface area contributed by atoms with Crippen molar-refractivity contribution in [2.24, 2.45) is 0 Å². The lowest BCUT2D eigenvalue weighted by Crippen LogP contribution is -2.35. The third-order valence-electron chi connectivity index (χ3n) is 3.80. The molecule has 19 heavy (non-hydrogen) atoms. The van der Waals surface area contributed by atoms with Crippen molar-refractivity contribution in [1.82, 2.24) is 4.90 Å². The monoisotopic (exact) mass is 261 g/mol. The molecule has 0 aromatic heterocycles. The zero-order valence-corrected chi connectivity index (χ0v) is 11.9. The van der Waals surface area contributed by atoms with E-state index in [0.717, 1.165) is 48.9 Å². The first-order valence-electron chi connectivity index (χ1n) is 7.12. The number of rotatable bonds is 4. The third-order valence-corrected chi connectivity index (χ3v) is 3.80. The molecule has 0 radical (unpaired) electrons. The summed E-state index contributed by atoms with van der Waals surface area (Å²) in [7, 11) is 0. The molecule has 1 atom stereocenters. The first-order valence-corrected chi connectivity index (χ1v) is 7.12. The first kappa shape index (κ1) is 14.1. The maximum absolute atomic E-state index is 12.6. The fourth-order valence-electron chi connectivity index (χ4n) is 2.99. The number of benzene rings is 1. The molecule has 1 aromatic carbocycles. The van der Waals surface area contributed by atoms with E-state index in [1.807, 2.05) is 30.9 Å². The van der Waals surface area contributed by atoms with Gasteiger partial charge in [0.1, 0.15) is 0 Å². The number of carbonyl (C=O) groups excluding carboxylic acids is 1. The van der Waals surface area contributed by atoms with Crippen LogP contribution in [0.15, 0.2) is 18.2 Å². The summed E-state index contributed by atoms with van der Waals surface area (Å²) in [5, 5.41) is 8.94. The minimum atomic E-state index is 0.146. The molecule has 1 fully saturated rings. The average molecular weight is 261 g/mol. The van der Waals surface area contributed by atoms with Crippen molar-refractivity contribution in [2.45, 2.75) is 45.6 Å². The molecule has 1 heterocycles. The molecule has 3 heteroatoms. The Kier molecular flexibility index (Phi) is 4.59. The number of aryl methyl sites for hydroxylation is 2. The molecule has 2 rings (SSSR count). The van der Waals surface area contributed by atoms with Crippen molar-refractivity contribution >= 4 is 5.91 Å². The molecule has 1 unspecified atom stereocenters. The van der Waals surface area contributed by atoms with Crippen molar-refractivity contribution in [3.8, 4) is 0 Å². The van der Waals surface area contributed by atoms with Crippen LogP contribution >= 0.6 is 0 Å². The predicted octanol–water partition coefficient (Wildman–Crippen LogP) is 2.68. The van der Waals surface area contributed by atoms with Crippen LogP contribution in [0, 0.1) is 13.8 Å². The Balaban J connectivity index is 2.13. The lowest BCUT2D eigenvalue weighted by atomic mass is 10.0. The Morgan fingerprint density at radius 3 is 2.63 bits per heavy atom.